The number of hydrogen-bond acceptors (Lipinski definition) is 3. The number of carbonyl (C=O) groups excluding carboxylic acids is 1. The van der Waals surface area contributed by atoms with Crippen molar-refractivity contribution in [2.75, 3.05) is 27.2 Å². The largest absolute Gasteiger partial charge is 0.355 e. The smallest absolute Gasteiger partial charge is 0.287 e. The van der Waals surface area contributed by atoms with Crippen LogP contribution in [0, 0.1) is 6.92 Å². The number of H-pyrrole nitrogens is 2. The van der Waals surface area contributed by atoms with Crippen molar-refractivity contribution in [1.29, 1.82) is 0 Å². The number of amides is 1. The van der Waals surface area contributed by atoms with Gasteiger partial charge in [-0.05, 0) is 51.7 Å². The normalized spacial score (nSPS) is 11.3. The summed E-state index contributed by atoms with van der Waals surface area (Å²) in [5.74, 6) is 0.154. The van der Waals surface area contributed by atoms with Gasteiger partial charge >= 0.3 is 0 Å². The standard InChI is InChI=1S/C20H25N5O/c1-12(2)17-11-15-10-14(6-7-16(15)23-17)18-13(3)22-19(24-18)20(26)21-8-9-25(4)5/h6-7,10-11,23H,1,8-9H2,2-5H3,(H,21,26)(H,22,24). The van der Waals surface area contributed by atoms with Crippen molar-refractivity contribution < 1.29 is 4.79 Å². The van der Waals surface area contributed by atoms with E-state index in [9.17, 15) is 4.79 Å². The molecule has 2 aromatic heterocycles. The van der Waals surface area contributed by atoms with Crippen molar-refractivity contribution in [3.05, 3.63) is 48.1 Å². The average Bonchev–Trinajstić information content (AvgIpc) is 3.17. The molecule has 0 saturated heterocycles. The monoisotopic (exact) mass is 351 g/mol. The second-order valence-corrected chi connectivity index (χ2v) is 6.88. The van der Waals surface area contributed by atoms with Gasteiger partial charge in [-0.3, -0.25) is 4.79 Å². The number of nitrogens with one attached hydrogen (secondary N) is 3. The van der Waals surface area contributed by atoms with Gasteiger partial charge in [0.1, 0.15) is 0 Å². The number of aromatic amines is 2. The van der Waals surface area contributed by atoms with Crippen LogP contribution >= 0.6 is 0 Å². The van der Waals surface area contributed by atoms with Gasteiger partial charge in [-0.2, -0.15) is 0 Å². The van der Waals surface area contributed by atoms with E-state index in [1.54, 1.807) is 0 Å². The third-order valence-electron chi connectivity index (χ3n) is 4.30. The van der Waals surface area contributed by atoms with E-state index < -0.39 is 0 Å². The number of imidazole rings is 1. The summed E-state index contributed by atoms with van der Waals surface area (Å²) in [5, 5.41) is 3.98. The summed E-state index contributed by atoms with van der Waals surface area (Å²) in [4.78, 5) is 25.3. The molecule has 0 atom stereocenters. The Kier molecular flexibility index (Phi) is 4.95. The number of nitrogens with zero attached hydrogens (tertiary/aromatic N) is 2. The fourth-order valence-electron chi connectivity index (χ4n) is 2.84. The van der Waals surface area contributed by atoms with Crippen LogP contribution in [0.3, 0.4) is 0 Å². The summed E-state index contributed by atoms with van der Waals surface area (Å²) < 4.78 is 0. The first-order valence-corrected chi connectivity index (χ1v) is 8.63. The average molecular weight is 351 g/mol. The van der Waals surface area contributed by atoms with Gasteiger partial charge in [-0.15, -0.1) is 0 Å². The third kappa shape index (κ3) is 3.70. The van der Waals surface area contributed by atoms with E-state index in [2.05, 4.69) is 39.0 Å². The van der Waals surface area contributed by atoms with Gasteiger partial charge in [0.25, 0.3) is 5.91 Å². The summed E-state index contributed by atoms with van der Waals surface area (Å²) in [6.45, 7) is 9.25. The first-order chi connectivity index (χ1) is 12.3. The number of likely N-dealkylation sites (N-methyl/N-ethyl adjacent to an activating group) is 1. The van der Waals surface area contributed by atoms with Crippen LogP contribution in [0.1, 0.15) is 28.9 Å². The summed E-state index contributed by atoms with van der Waals surface area (Å²) in [6, 6.07) is 8.20. The van der Waals surface area contributed by atoms with Crippen LogP contribution in [0.25, 0.3) is 27.7 Å². The molecule has 0 saturated carbocycles. The number of rotatable bonds is 6. The van der Waals surface area contributed by atoms with E-state index in [1.807, 2.05) is 45.0 Å². The van der Waals surface area contributed by atoms with Crippen molar-refractivity contribution in [2.24, 2.45) is 0 Å². The summed E-state index contributed by atoms with van der Waals surface area (Å²) >= 11 is 0. The molecule has 2 heterocycles. The van der Waals surface area contributed by atoms with Crippen LogP contribution in [-0.2, 0) is 0 Å². The number of benzene rings is 1. The van der Waals surface area contributed by atoms with Crippen molar-refractivity contribution >= 4 is 22.4 Å². The highest BCUT2D eigenvalue weighted by molar-refractivity contribution is 5.92. The lowest BCUT2D eigenvalue weighted by Gasteiger charge is -2.09. The second kappa shape index (κ2) is 7.17. The Bertz CT molecular complexity index is 964. The number of aryl methyl sites for hydroxylation is 1. The zero-order chi connectivity index (χ0) is 18.8. The van der Waals surface area contributed by atoms with Crippen LogP contribution in [0.15, 0.2) is 30.8 Å². The Hall–Kier alpha value is -2.86. The lowest BCUT2D eigenvalue weighted by molar-refractivity contribution is 0.0941. The lowest BCUT2D eigenvalue weighted by Crippen LogP contribution is -2.31. The topological polar surface area (TPSA) is 76.8 Å². The molecular formula is C20H25N5O. The lowest BCUT2D eigenvalue weighted by atomic mass is 10.1. The van der Waals surface area contributed by atoms with Gasteiger partial charge in [0.2, 0.25) is 0 Å². The number of aromatic nitrogens is 3. The summed E-state index contributed by atoms with van der Waals surface area (Å²) in [7, 11) is 3.94. The molecule has 6 nitrogen and oxygen atoms in total. The van der Waals surface area contributed by atoms with Gasteiger partial charge in [0.15, 0.2) is 5.82 Å². The molecule has 1 amide bonds. The first-order valence-electron chi connectivity index (χ1n) is 8.63. The molecule has 6 heteroatoms. The number of fused-ring (bicyclic) bond motifs is 1. The summed E-state index contributed by atoms with van der Waals surface area (Å²) in [6.07, 6.45) is 0. The van der Waals surface area contributed by atoms with Gasteiger partial charge in [-0.1, -0.05) is 12.6 Å². The van der Waals surface area contributed by atoms with Gasteiger partial charge < -0.3 is 20.2 Å². The fourth-order valence-corrected chi connectivity index (χ4v) is 2.84. The summed E-state index contributed by atoms with van der Waals surface area (Å²) in [5.41, 5.74) is 5.72. The van der Waals surface area contributed by atoms with Crippen LogP contribution in [-0.4, -0.2) is 52.9 Å². The zero-order valence-electron chi connectivity index (χ0n) is 15.7. The number of hydrogen-bond donors (Lipinski definition) is 3. The van der Waals surface area contributed by atoms with E-state index in [-0.39, 0.29) is 5.91 Å². The molecule has 0 fully saturated rings. The second-order valence-electron chi connectivity index (χ2n) is 6.88. The van der Waals surface area contributed by atoms with Crippen LogP contribution in [0.5, 0.6) is 0 Å². The molecular weight excluding hydrogens is 326 g/mol. The quantitative estimate of drug-likeness (QED) is 0.638. The highest BCUT2D eigenvalue weighted by Gasteiger charge is 2.15. The molecule has 0 aliphatic carbocycles. The molecule has 0 spiro atoms. The van der Waals surface area contributed by atoms with Crippen LogP contribution in [0.2, 0.25) is 0 Å². The number of allylic oxidation sites excluding steroid dienone is 1. The van der Waals surface area contributed by atoms with Gasteiger partial charge in [-0.25, -0.2) is 4.98 Å². The Morgan fingerprint density at radius 1 is 1.27 bits per heavy atom. The van der Waals surface area contributed by atoms with E-state index in [0.29, 0.717) is 12.4 Å². The van der Waals surface area contributed by atoms with E-state index in [1.165, 1.54) is 0 Å². The molecule has 0 aliphatic rings. The van der Waals surface area contributed by atoms with E-state index in [4.69, 9.17) is 0 Å². The Balaban J connectivity index is 1.85. The van der Waals surface area contributed by atoms with Crippen LogP contribution < -0.4 is 5.32 Å². The van der Waals surface area contributed by atoms with Crippen molar-refractivity contribution in [3.8, 4) is 11.3 Å². The van der Waals surface area contributed by atoms with Gasteiger partial charge in [0.05, 0.1) is 5.69 Å². The van der Waals surface area contributed by atoms with Crippen molar-refractivity contribution in [2.45, 2.75) is 13.8 Å². The molecule has 0 aliphatic heterocycles. The maximum absolute atomic E-state index is 12.3. The first kappa shape index (κ1) is 17.9. The minimum absolute atomic E-state index is 0.187. The molecule has 3 N–H and O–H groups in total. The third-order valence-corrected chi connectivity index (χ3v) is 4.30. The van der Waals surface area contributed by atoms with E-state index >= 15 is 0 Å². The predicted octanol–water partition coefficient (Wildman–Crippen LogP) is 3.19. The minimum atomic E-state index is -0.187. The molecule has 3 aromatic rings. The maximum atomic E-state index is 12.3. The fraction of sp³-hybridized carbons (Fsp3) is 0.300. The molecule has 1 aromatic carbocycles. The van der Waals surface area contributed by atoms with E-state index in [0.717, 1.165) is 45.7 Å². The molecule has 136 valence electrons. The maximum Gasteiger partial charge on any atom is 0.287 e. The van der Waals surface area contributed by atoms with Crippen molar-refractivity contribution in [3.63, 3.8) is 0 Å². The molecule has 26 heavy (non-hydrogen) atoms. The SMILES string of the molecule is C=C(C)c1cc2cc(-c3nc(C(=O)NCCN(C)C)[nH]c3C)ccc2[nH]1. The minimum Gasteiger partial charge on any atom is -0.355 e. The highest BCUT2D eigenvalue weighted by Crippen LogP contribution is 2.27. The Morgan fingerprint density at radius 3 is 2.73 bits per heavy atom. The highest BCUT2D eigenvalue weighted by atomic mass is 16.2. The predicted molar refractivity (Wildman–Crippen MR) is 106 cm³/mol. The zero-order valence-corrected chi connectivity index (χ0v) is 15.7. The molecule has 3 rings (SSSR count). The molecule has 0 bridgehead atoms. The number of carbonyl (C=O) groups is 1. The van der Waals surface area contributed by atoms with Crippen LogP contribution in [0.4, 0.5) is 0 Å². The Labute approximate surface area is 153 Å². The molecule has 0 unspecified atom stereocenters. The molecule has 0 radical (unpaired) electrons. The van der Waals surface area contributed by atoms with Gasteiger partial charge in [0, 0.05) is 40.9 Å². The Morgan fingerprint density at radius 2 is 2.04 bits per heavy atom. The van der Waals surface area contributed by atoms with Crippen molar-refractivity contribution in [1.82, 2.24) is 25.2 Å².